The highest BCUT2D eigenvalue weighted by Crippen LogP contribution is 2.25. The smallest absolute Gasteiger partial charge is 0.343 e. The van der Waals surface area contributed by atoms with E-state index in [4.69, 9.17) is 16.3 Å². The van der Waals surface area contributed by atoms with Gasteiger partial charge in [0.15, 0.2) is 0 Å². The van der Waals surface area contributed by atoms with Crippen molar-refractivity contribution < 1.29 is 18.7 Å². The summed E-state index contributed by atoms with van der Waals surface area (Å²) in [4.78, 5) is 24.0. The molecule has 26 heavy (non-hydrogen) atoms. The third kappa shape index (κ3) is 5.66. The Labute approximate surface area is 155 Å². The van der Waals surface area contributed by atoms with E-state index >= 15 is 0 Å². The number of H-pyrrole nitrogens is 1. The molecule has 1 saturated heterocycles. The fourth-order valence-electron chi connectivity index (χ4n) is 2.38. The van der Waals surface area contributed by atoms with E-state index in [-0.39, 0.29) is 22.5 Å². The molecular weight excluding hydrogens is 363 g/mol. The van der Waals surface area contributed by atoms with Crippen molar-refractivity contribution in [1.82, 2.24) is 10.3 Å². The predicted molar refractivity (Wildman–Crippen MR) is 96.0 cm³/mol. The number of aromatic nitrogens is 1. The van der Waals surface area contributed by atoms with Crippen molar-refractivity contribution in [3.8, 4) is 0 Å². The summed E-state index contributed by atoms with van der Waals surface area (Å²) in [5, 5.41) is 3.39. The van der Waals surface area contributed by atoms with E-state index in [9.17, 15) is 14.0 Å². The minimum Gasteiger partial charge on any atom is -0.465 e. The number of carbonyl (C=O) groups is 1. The lowest BCUT2D eigenvalue weighted by Crippen LogP contribution is -2.17. The molecule has 0 aliphatic carbocycles. The number of pyridine rings is 1. The van der Waals surface area contributed by atoms with Crippen LogP contribution in [0.4, 0.5) is 4.39 Å². The Morgan fingerprint density at radius 1 is 1.35 bits per heavy atom. The minimum atomic E-state index is -0.619. The number of carbonyl (C=O) groups excluding carboxylic acids is 1. The van der Waals surface area contributed by atoms with Crippen molar-refractivity contribution in [2.24, 2.45) is 0 Å². The molecule has 6 nitrogen and oxygen atoms in total. The number of benzene rings is 1. The maximum Gasteiger partial charge on any atom is 0.343 e. The number of hydrogen-bond donors (Lipinski definition) is 2. The van der Waals surface area contributed by atoms with Crippen molar-refractivity contribution in [1.29, 1.82) is 0 Å². The van der Waals surface area contributed by atoms with Crippen LogP contribution in [0.25, 0.3) is 0 Å². The van der Waals surface area contributed by atoms with Gasteiger partial charge in [-0.05, 0) is 42.8 Å². The number of hydrogen-bond acceptors (Lipinski definition) is 5. The number of aromatic amines is 1. The Hall–Kier alpha value is -2.22. The lowest BCUT2D eigenvalue weighted by Gasteiger charge is -2.15. The van der Waals surface area contributed by atoms with E-state index in [0.717, 1.165) is 25.1 Å². The van der Waals surface area contributed by atoms with Gasteiger partial charge in [0.05, 0.1) is 24.8 Å². The molecule has 1 atom stereocenters. The van der Waals surface area contributed by atoms with Crippen molar-refractivity contribution in [3.05, 3.63) is 68.8 Å². The van der Waals surface area contributed by atoms with Gasteiger partial charge in [0, 0.05) is 12.7 Å². The molecule has 1 unspecified atom stereocenters. The van der Waals surface area contributed by atoms with E-state index in [1.807, 2.05) is 6.07 Å². The Morgan fingerprint density at radius 2 is 2.15 bits per heavy atom. The van der Waals surface area contributed by atoms with Crippen molar-refractivity contribution in [2.75, 3.05) is 26.8 Å². The first-order valence-corrected chi connectivity index (χ1v) is 8.44. The molecule has 0 amide bonds. The van der Waals surface area contributed by atoms with Gasteiger partial charge in [-0.1, -0.05) is 17.7 Å². The molecule has 1 aliphatic heterocycles. The normalized spacial score (nSPS) is 16.8. The predicted octanol–water partition coefficient (Wildman–Crippen LogP) is 2.69. The molecule has 0 bridgehead atoms. The number of ether oxygens (including phenoxy) is 2. The van der Waals surface area contributed by atoms with E-state index in [0.29, 0.717) is 6.61 Å². The summed E-state index contributed by atoms with van der Waals surface area (Å²) >= 11 is 5.62. The topological polar surface area (TPSA) is 80.4 Å². The highest BCUT2D eigenvalue weighted by atomic mass is 35.5. The number of rotatable bonds is 2. The third-order valence-corrected chi connectivity index (χ3v) is 4.03. The monoisotopic (exact) mass is 382 g/mol. The fourth-order valence-corrected chi connectivity index (χ4v) is 2.50. The molecule has 140 valence electrons. The highest BCUT2D eigenvalue weighted by molar-refractivity contribution is 6.30. The first kappa shape index (κ1) is 20.1. The van der Waals surface area contributed by atoms with Gasteiger partial charge in [0.2, 0.25) is 0 Å². The fraction of sp³-hybridized carbons (Fsp3) is 0.333. The lowest BCUT2D eigenvalue weighted by molar-refractivity contribution is 0.0598. The zero-order chi connectivity index (χ0) is 18.9. The Morgan fingerprint density at radius 3 is 2.85 bits per heavy atom. The molecule has 0 spiro atoms. The molecule has 0 radical (unpaired) electrons. The van der Waals surface area contributed by atoms with E-state index in [2.05, 4.69) is 15.0 Å². The average molecular weight is 383 g/mol. The van der Waals surface area contributed by atoms with Crippen LogP contribution in [0.15, 0.2) is 41.3 Å². The summed E-state index contributed by atoms with van der Waals surface area (Å²) in [6.07, 6.45) is 2.29. The van der Waals surface area contributed by atoms with Crippen LogP contribution in [-0.2, 0) is 9.47 Å². The summed E-state index contributed by atoms with van der Waals surface area (Å²) in [6.45, 7) is 2.41. The number of nitrogens with one attached hydrogen (secondary N) is 2. The number of methoxy groups -OCH3 is 1. The van der Waals surface area contributed by atoms with Gasteiger partial charge in [-0.25, -0.2) is 9.18 Å². The Kier molecular flexibility index (Phi) is 7.77. The zero-order valence-corrected chi connectivity index (χ0v) is 15.0. The zero-order valence-electron chi connectivity index (χ0n) is 14.3. The lowest BCUT2D eigenvalue weighted by atomic mass is 10.1. The van der Waals surface area contributed by atoms with Crippen LogP contribution >= 0.6 is 11.6 Å². The molecule has 2 heterocycles. The highest BCUT2D eigenvalue weighted by Gasteiger charge is 2.15. The van der Waals surface area contributed by atoms with Crippen LogP contribution in [0, 0.1) is 5.82 Å². The molecule has 1 aromatic heterocycles. The molecule has 1 fully saturated rings. The summed E-state index contributed by atoms with van der Waals surface area (Å²) in [5.74, 6) is -0.998. The minimum absolute atomic E-state index is 0.0215. The summed E-state index contributed by atoms with van der Waals surface area (Å²) < 4.78 is 23.2. The van der Waals surface area contributed by atoms with Gasteiger partial charge in [0.1, 0.15) is 11.4 Å². The van der Waals surface area contributed by atoms with E-state index < -0.39 is 11.5 Å². The Bertz CT molecular complexity index is 789. The van der Waals surface area contributed by atoms with Crippen LogP contribution < -0.4 is 10.9 Å². The second-order valence-corrected chi connectivity index (χ2v) is 5.88. The van der Waals surface area contributed by atoms with Gasteiger partial charge in [-0.15, -0.1) is 0 Å². The summed E-state index contributed by atoms with van der Waals surface area (Å²) in [5.41, 5.74) is 0.454. The largest absolute Gasteiger partial charge is 0.465 e. The van der Waals surface area contributed by atoms with Crippen molar-refractivity contribution in [3.63, 3.8) is 0 Å². The molecule has 8 heteroatoms. The van der Waals surface area contributed by atoms with Gasteiger partial charge in [-0.3, -0.25) is 4.79 Å². The standard InChI is InChI=1S/C11H13ClFNO.C7H7NO3/c12-9-2-1-8(7-10(9)13)11-3-4-14-5-6-15-11;1-11-7(10)5-3-2-4-8-6(5)9/h1-2,7,11,14H,3-6H2;2-4H,1H3,(H,8,9). The van der Waals surface area contributed by atoms with Crippen LogP contribution in [-0.4, -0.2) is 37.8 Å². The third-order valence-electron chi connectivity index (χ3n) is 3.72. The van der Waals surface area contributed by atoms with E-state index in [1.54, 1.807) is 12.1 Å². The number of halogens is 2. The second kappa shape index (κ2) is 10.1. The van der Waals surface area contributed by atoms with Crippen molar-refractivity contribution in [2.45, 2.75) is 12.5 Å². The van der Waals surface area contributed by atoms with Crippen molar-refractivity contribution >= 4 is 17.6 Å². The van der Waals surface area contributed by atoms with Crippen LogP contribution in [0.5, 0.6) is 0 Å². The summed E-state index contributed by atoms with van der Waals surface area (Å²) in [6, 6.07) is 7.83. The molecule has 3 rings (SSSR count). The van der Waals surface area contributed by atoms with Gasteiger partial charge in [-0.2, -0.15) is 0 Å². The van der Waals surface area contributed by atoms with E-state index in [1.165, 1.54) is 25.4 Å². The quantitative estimate of drug-likeness (QED) is 0.780. The Balaban J connectivity index is 0.000000197. The SMILES string of the molecule is COC(=O)c1ccc[nH]c1=O.Fc1cc(C2CCNCCO2)ccc1Cl. The average Bonchev–Trinajstić information content (AvgIpc) is 2.94. The summed E-state index contributed by atoms with van der Waals surface area (Å²) in [7, 11) is 1.23. The molecule has 1 aliphatic rings. The first-order chi connectivity index (χ1) is 12.5. The van der Waals surface area contributed by atoms with Gasteiger partial charge >= 0.3 is 5.97 Å². The second-order valence-electron chi connectivity index (χ2n) is 5.48. The van der Waals surface area contributed by atoms with Gasteiger partial charge < -0.3 is 19.8 Å². The maximum absolute atomic E-state index is 13.2. The van der Waals surface area contributed by atoms with Crippen LogP contribution in [0.2, 0.25) is 5.02 Å². The van der Waals surface area contributed by atoms with Crippen LogP contribution in [0.1, 0.15) is 28.4 Å². The number of esters is 1. The molecule has 1 aromatic carbocycles. The first-order valence-electron chi connectivity index (χ1n) is 8.06. The van der Waals surface area contributed by atoms with Gasteiger partial charge in [0.25, 0.3) is 5.56 Å². The maximum atomic E-state index is 13.2. The molecule has 2 aromatic rings. The molecular formula is C18H20ClFN2O4. The molecule has 0 saturated carbocycles. The van der Waals surface area contributed by atoms with Crippen LogP contribution in [0.3, 0.4) is 0 Å². The molecule has 2 N–H and O–H groups in total.